The zero-order valence-electron chi connectivity index (χ0n) is 10.6. The third-order valence-electron chi connectivity index (χ3n) is 3.94. The van der Waals surface area contributed by atoms with Crippen LogP contribution in [0.15, 0.2) is 0 Å². The van der Waals surface area contributed by atoms with Gasteiger partial charge < -0.3 is 14.7 Å². The number of carbonyl (C=O) groups excluding carboxylic acids is 1. The van der Waals surface area contributed by atoms with E-state index in [0.29, 0.717) is 24.9 Å². The summed E-state index contributed by atoms with van der Waals surface area (Å²) in [5, 5.41) is 8.58. The van der Waals surface area contributed by atoms with Gasteiger partial charge in [0, 0.05) is 26.7 Å². The van der Waals surface area contributed by atoms with E-state index in [9.17, 15) is 4.79 Å². The van der Waals surface area contributed by atoms with Gasteiger partial charge in [0.2, 0.25) is 0 Å². The summed E-state index contributed by atoms with van der Waals surface area (Å²) in [6.45, 7) is 3.56. The van der Waals surface area contributed by atoms with Crippen molar-refractivity contribution in [2.75, 3.05) is 40.3 Å². The lowest BCUT2D eigenvalue weighted by Crippen LogP contribution is -2.37. The fourth-order valence-electron chi connectivity index (χ4n) is 2.91. The second kappa shape index (κ2) is 4.92. The van der Waals surface area contributed by atoms with Crippen molar-refractivity contribution in [3.05, 3.63) is 0 Å². The lowest BCUT2D eigenvalue weighted by molar-refractivity contribution is 0.190. The first kappa shape index (κ1) is 12.2. The Hall–Kier alpha value is -1.28. The molecule has 0 saturated carbocycles. The molecule has 17 heavy (non-hydrogen) atoms. The molecule has 0 aromatic heterocycles. The van der Waals surface area contributed by atoms with Crippen LogP contribution in [-0.4, -0.2) is 67.0 Å². The van der Waals surface area contributed by atoms with Gasteiger partial charge in [-0.15, -0.1) is 0 Å². The lowest BCUT2D eigenvalue weighted by atomic mass is 9.99. The van der Waals surface area contributed by atoms with Gasteiger partial charge in [-0.2, -0.15) is 5.26 Å². The van der Waals surface area contributed by atoms with Crippen LogP contribution in [-0.2, 0) is 0 Å². The van der Waals surface area contributed by atoms with Crippen LogP contribution in [0.25, 0.3) is 0 Å². The predicted octanol–water partition coefficient (Wildman–Crippen LogP) is 0.588. The van der Waals surface area contributed by atoms with E-state index >= 15 is 0 Å². The van der Waals surface area contributed by atoms with Crippen molar-refractivity contribution in [1.82, 2.24) is 14.7 Å². The average molecular weight is 236 g/mol. The third kappa shape index (κ3) is 2.37. The second-order valence-electron chi connectivity index (χ2n) is 5.13. The molecule has 2 atom stereocenters. The van der Waals surface area contributed by atoms with Gasteiger partial charge in [-0.25, -0.2) is 4.79 Å². The lowest BCUT2D eigenvalue weighted by Gasteiger charge is -2.23. The maximum Gasteiger partial charge on any atom is 0.320 e. The van der Waals surface area contributed by atoms with E-state index in [0.717, 1.165) is 19.6 Å². The Morgan fingerprint density at radius 2 is 2.18 bits per heavy atom. The Morgan fingerprint density at radius 3 is 2.76 bits per heavy atom. The van der Waals surface area contributed by atoms with Gasteiger partial charge in [0.15, 0.2) is 0 Å². The van der Waals surface area contributed by atoms with Crippen LogP contribution in [0.4, 0.5) is 4.79 Å². The smallest absolute Gasteiger partial charge is 0.320 e. The minimum atomic E-state index is 0.0832. The molecular weight excluding hydrogens is 216 g/mol. The van der Waals surface area contributed by atoms with E-state index in [2.05, 4.69) is 18.0 Å². The van der Waals surface area contributed by atoms with Gasteiger partial charge >= 0.3 is 6.03 Å². The normalized spacial score (nSPS) is 30.1. The zero-order valence-corrected chi connectivity index (χ0v) is 10.6. The van der Waals surface area contributed by atoms with Gasteiger partial charge in [0.25, 0.3) is 0 Å². The standard InChI is InChI=1S/C12H20N4O/c1-14-7-4-10(8-14)11-9-16(6-3-5-13)12(17)15(11)2/h10-11H,3-4,6-9H2,1-2H3. The summed E-state index contributed by atoms with van der Waals surface area (Å²) in [4.78, 5) is 18.0. The van der Waals surface area contributed by atoms with Crippen LogP contribution >= 0.6 is 0 Å². The molecular formula is C12H20N4O. The first-order valence-electron chi connectivity index (χ1n) is 6.20. The molecule has 2 unspecified atom stereocenters. The molecule has 2 aliphatic rings. The summed E-state index contributed by atoms with van der Waals surface area (Å²) in [6, 6.07) is 2.51. The Balaban J connectivity index is 1.96. The molecule has 2 saturated heterocycles. The second-order valence-corrected chi connectivity index (χ2v) is 5.13. The van der Waals surface area contributed by atoms with Gasteiger partial charge in [0.1, 0.15) is 0 Å². The van der Waals surface area contributed by atoms with Crippen molar-refractivity contribution in [2.24, 2.45) is 5.92 Å². The first-order chi connectivity index (χ1) is 8.13. The van der Waals surface area contributed by atoms with Gasteiger partial charge in [-0.05, 0) is 25.9 Å². The molecule has 2 heterocycles. The number of carbonyl (C=O) groups is 1. The number of likely N-dealkylation sites (tertiary alicyclic amines) is 1. The number of nitriles is 1. The number of nitrogens with zero attached hydrogens (tertiary/aromatic N) is 4. The topological polar surface area (TPSA) is 50.6 Å². The SMILES string of the molecule is CN1CCC(C2CN(CCC#N)C(=O)N2C)C1. The Bertz CT molecular complexity index is 338. The Kier molecular flexibility index (Phi) is 3.53. The van der Waals surface area contributed by atoms with Crippen LogP contribution in [0, 0.1) is 17.2 Å². The number of urea groups is 1. The zero-order chi connectivity index (χ0) is 12.4. The number of amides is 2. The fourth-order valence-corrected chi connectivity index (χ4v) is 2.91. The molecule has 0 aromatic rings. The highest BCUT2D eigenvalue weighted by atomic mass is 16.2. The van der Waals surface area contributed by atoms with E-state index < -0.39 is 0 Å². The molecule has 0 N–H and O–H groups in total. The minimum absolute atomic E-state index is 0.0832. The molecule has 94 valence electrons. The summed E-state index contributed by atoms with van der Waals surface area (Å²) >= 11 is 0. The van der Waals surface area contributed by atoms with E-state index in [1.54, 1.807) is 0 Å². The van der Waals surface area contributed by atoms with Crippen molar-refractivity contribution in [2.45, 2.75) is 18.9 Å². The molecule has 2 fully saturated rings. The maximum atomic E-state index is 12.0. The highest BCUT2D eigenvalue weighted by Gasteiger charge is 2.40. The molecule has 0 aliphatic carbocycles. The predicted molar refractivity (Wildman–Crippen MR) is 64.4 cm³/mol. The van der Waals surface area contributed by atoms with Crippen LogP contribution in [0.1, 0.15) is 12.8 Å². The van der Waals surface area contributed by atoms with E-state index in [-0.39, 0.29) is 6.03 Å². The monoisotopic (exact) mass is 236 g/mol. The molecule has 5 nitrogen and oxygen atoms in total. The van der Waals surface area contributed by atoms with Crippen molar-refractivity contribution in [3.63, 3.8) is 0 Å². The summed E-state index contributed by atoms with van der Waals surface area (Å²) in [5.74, 6) is 0.584. The molecule has 5 heteroatoms. The highest BCUT2D eigenvalue weighted by Crippen LogP contribution is 2.27. The molecule has 2 amide bonds. The summed E-state index contributed by atoms with van der Waals surface area (Å²) in [7, 11) is 4.02. The van der Waals surface area contributed by atoms with Gasteiger partial charge in [-0.3, -0.25) is 0 Å². The Morgan fingerprint density at radius 1 is 1.41 bits per heavy atom. The van der Waals surface area contributed by atoms with Crippen molar-refractivity contribution >= 4 is 6.03 Å². The minimum Gasteiger partial charge on any atom is -0.323 e. The summed E-state index contributed by atoms with van der Waals surface area (Å²) < 4.78 is 0. The van der Waals surface area contributed by atoms with Crippen molar-refractivity contribution in [3.8, 4) is 6.07 Å². The van der Waals surface area contributed by atoms with Crippen molar-refractivity contribution in [1.29, 1.82) is 5.26 Å². The highest BCUT2D eigenvalue weighted by molar-refractivity contribution is 5.77. The Labute approximate surface area is 103 Å². The number of likely N-dealkylation sites (N-methyl/N-ethyl adjacent to an activating group) is 1. The molecule has 2 rings (SSSR count). The van der Waals surface area contributed by atoms with Crippen LogP contribution < -0.4 is 0 Å². The van der Waals surface area contributed by atoms with Gasteiger partial charge in [-0.1, -0.05) is 0 Å². The summed E-state index contributed by atoms with van der Waals surface area (Å²) in [5.41, 5.74) is 0. The molecule has 0 bridgehead atoms. The average Bonchev–Trinajstić information content (AvgIpc) is 2.84. The molecule has 0 aromatic carbocycles. The molecule has 2 aliphatic heterocycles. The van der Waals surface area contributed by atoms with Crippen LogP contribution in [0.5, 0.6) is 0 Å². The summed E-state index contributed by atoms with van der Waals surface area (Å²) in [6.07, 6.45) is 1.60. The quantitative estimate of drug-likeness (QED) is 0.720. The first-order valence-corrected chi connectivity index (χ1v) is 6.20. The third-order valence-corrected chi connectivity index (χ3v) is 3.94. The van der Waals surface area contributed by atoms with Gasteiger partial charge in [0.05, 0.1) is 18.5 Å². The number of hydrogen-bond donors (Lipinski definition) is 0. The van der Waals surface area contributed by atoms with Crippen LogP contribution in [0.2, 0.25) is 0 Å². The maximum absolute atomic E-state index is 12.0. The number of rotatable bonds is 3. The number of hydrogen-bond acceptors (Lipinski definition) is 3. The molecule has 0 spiro atoms. The van der Waals surface area contributed by atoms with E-state index in [4.69, 9.17) is 5.26 Å². The fraction of sp³-hybridized carbons (Fsp3) is 0.833. The van der Waals surface area contributed by atoms with E-state index in [1.807, 2.05) is 16.8 Å². The molecule has 0 radical (unpaired) electrons. The largest absolute Gasteiger partial charge is 0.323 e. The van der Waals surface area contributed by atoms with Crippen molar-refractivity contribution < 1.29 is 4.79 Å². The van der Waals surface area contributed by atoms with E-state index in [1.165, 1.54) is 6.42 Å². The van der Waals surface area contributed by atoms with Crippen LogP contribution in [0.3, 0.4) is 0 Å².